The van der Waals surface area contributed by atoms with Gasteiger partial charge in [-0.25, -0.2) is 13.4 Å². The second-order valence-electron chi connectivity index (χ2n) is 3.80. The highest BCUT2D eigenvalue weighted by Gasteiger charge is 2.17. The highest BCUT2D eigenvalue weighted by atomic mass is 79.9. The fourth-order valence-electron chi connectivity index (χ4n) is 1.46. The van der Waals surface area contributed by atoms with Crippen molar-refractivity contribution < 1.29 is 8.42 Å². The smallest absolute Gasteiger partial charge is 0.263 e. The van der Waals surface area contributed by atoms with E-state index in [0.717, 1.165) is 4.47 Å². The summed E-state index contributed by atoms with van der Waals surface area (Å²) >= 11 is 6.54. The van der Waals surface area contributed by atoms with E-state index in [0.29, 0.717) is 10.2 Å². The first-order chi connectivity index (χ1) is 8.90. The van der Waals surface area contributed by atoms with E-state index < -0.39 is 10.0 Å². The van der Waals surface area contributed by atoms with Crippen molar-refractivity contribution in [2.75, 3.05) is 4.72 Å². The molecule has 0 aliphatic carbocycles. The maximum absolute atomic E-state index is 12.2. The van der Waals surface area contributed by atoms with Crippen LogP contribution in [0.2, 0.25) is 0 Å². The van der Waals surface area contributed by atoms with Gasteiger partial charge in [-0.3, -0.25) is 4.72 Å². The SMILES string of the molecule is Cc1nc(NS(=O)(=O)c2ccccc2Br)ccc1Br. The molecular weight excluding hydrogens is 396 g/mol. The molecule has 100 valence electrons. The number of pyridine rings is 1. The molecule has 0 saturated heterocycles. The van der Waals surface area contributed by atoms with Crippen molar-refractivity contribution in [1.82, 2.24) is 4.98 Å². The van der Waals surface area contributed by atoms with E-state index in [9.17, 15) is 8.42 Å². The minimum Gasteiger partial charge on any atom is -0.263 e. The first-order valence-electron chi connectivity index (χ1n) is 5.30. The van der Waals surface area contributed by atoms with Crippen LogP contribution in [0.3, 0.4) is 0 Å². The maximum atomic E-state index is 12.2. The number of nitrogens with zero attached hydrogens (tertiary/aromatic N) is 1. The molecule has 1 N–H and O–H groups in total. The van der Waals surface area contributed by atoms with Crippen LogP contribution in [-0.4, -0.2) is 13.4 Å². The van der Waals surface area contributed by atoms with E-state index in [1.54, 1.807) is 37.3 Å². The molecule has 0 saturated carbocycles. The lowest BCUT2D eigenvalue weighted by molar-refractivity contribution is 0.600. The lowest BCUT2D eigenvalue weighted by atomic mass is 10.4. The predicted molar refractivity (Wildman–Crippen MR) is 81.6 cm³/mol. The van der Waals surface area contributed by atoms with Gasteiger partial charge in [-0.15, -0.1) is 0 Å². The van der Waals surface area contributed by atoms with Gasteiger partial charge >= 0.3 is 0 Å². The average Bonchev–Trinajstić information content (AvgIpc) is 2.34. The molecule has 1 aromatic heterocycles. The fourth-order valence-corrected chi connectivity index (χ4v) is 3.68. The summed E-state index contributed by atoms with van der Waals surface area (Å²) in [4.78, 5) is 4.34. The van der Waals surface area contributed by atoms with Crippen molar-refractivity contribution in [2.45, 2.75) is 11.8 Å². The van der Waals surface area contributed by atoms with E-state index in [1.807, 2.05) is 0 Å². The average molecular weight is 406 g/mol. The summed E-state index contributed by atoms with van der Waals surface area (Å²) in [6.07, 6.45) is 0. The predicted octanol–water partition coefficient (Wildman–Crippen LogP) is 3.72. The zero-order valence-corrected chi connectivity index (χ0v) is 13.9. The summed E-state index contributed by atoms with van der Waals surface area (Å²) < 4.78 is 28.2. The highest BCUT2D eigenvalue weighted by molar-refractivity contribution is 9.10. The zero-order chi connectivity index (χ0) is 14.0. The Labute approximate surface area is 128 Å². The molecule has 7 heteroatoms. The number of sulfonamides is 1. The van der Waals surface area contributed by atoms with Crippen molar-refractivity contribution in [3.05, 3.63) is 51.0 Å². The molecule has 1 heterocycles. The Hall–Kier alpha value is -0.920. The molecule has 0 atom stereocenters. The second-order valence-corrected chi connectivity index (χ2v) is 7.16. The van der Waals surface area contributed by atoms with Crippen LogP contribution in [0.1, 0.15) is 5.69 Å². The number of benzene rings is 1. The number of anilines is 1. The van der Waals surface area contributed by atoms with Gasteiger partial charge in [0.2, 0.25) is 0 Å². The van der Waals surface area contributed by atoms with Crippen LogP contribution >= 0.6 is 31.9 Å². The minimum absolute atomic E-state index is 0.178. The third-order valence-electron chi connectivity index (χ3n) is 2.39. The summed E-state index contributed by atoms with van der Waals surface area (Å²) in [5, 5.41) is 0. The van der Waals surface area contributed by atoms with Gasteiger partial charge in [-0.2, -0.15) is 0 Å². The number of hydrogen-bond donors (Lipinski definition) is 1. The summed E-state index contributed by atoms with van der Waals surface area (Å²) in [7, 11) is -3.65. The largest absolute Gasteiger partial charge is 0.264 e. The molecule has 0 fully saturated rings. The fraction of sp³-hybridized carbons (Fsp3) is 0.0833. The summed E-state index contributed by atoms with van der Waals surface area (Å²) in [6, 6.07) is 9.98. The number of rotatable bonds is 3. The Bertz CT molecular complexity index is 717. The third kappa shape index (κ3) is 3.34. The van der Waals surface area contributed by atoms with Gasteiger partial charge in [0.15, 0.2) is 0 Å². The molecule has 0 unspecified atom stereocenters. The van der Waals surface area contributed by atoms with Crippen molar-refractivity contribution in [2.24, 2.45) is 0 Å². The minimum atomic E-state index is -3.65. The molecule has 1 aromatic carbocycles. The Morgan fingerprint density at radius 2 is 1.74 bits per heavy atom. The molecule has 0 bridgehead atoms. The van der Waals surface area contributed by atoms with Crippen LogP contribution in [0.4, 0.5) is 5.82 Å². The van der Waals surface area contributed by atoms with E-state index in [-0.39, 0.29) is 10.7 Å². The second kappa shape index (κ2) is 5.60. The maximum Gasteiger partial charge on any atom is 0.264 e. The van der Waals surface area contributed by atoms with Crippen LogP contribution in [0, 0.1) is 6.92 Å². The van der Waals surface area contributed by atoms with Crippen molar-refractivity contribution >= 4 is 47.7 Å². The van der Waals surface area contributed by atoms with Crippen LogP contribution in [-0.2, 0) is 10.0 Å². The zero-order valence-electron chi connectivity index (χ0n) is 9.89. The first-order valence-corrected chi connectivity index (χ1v) is 8.37. The van der Waals surface area contributed by atoms with Gasteiger partial charge in [-0.05, 0) is 63.0 Å². The van der Waals surface area contributed by atoms with Gasteiger partial charge in [-0.1, -0.05) is 12.1 Å². The third-order valence-corrected chi connectivity index (χ3v) is 5.59. The molecule has 0 aliphatic heterocycles. The van der Waals surface area contributed by atoms with E-state index in [2.05, 4.69) is 41.6 Å². The van der Waals surface area contributed by atoms with E-state index in [1.165, 1.54) is 6.07 Å². The molecule has 0 spiro atoms. The van der Waals surface area contributed by atoms with Crippen molar-refractivity contribution in [1.29, 1.82) is 0 Å². The molecule has 0 amide bonds. The van der Waals surface area contributed by atoms with Gasteiger partial charge < -0.3 is 0 Å². The summed E-state index contributed by atoms with van der Waals surface area (Å²) in [6.45, 7) is 1.79. The summed E-state index contributed by atoms with van der Waals surface area (Å²) in [5.41, 5.74) is 0.715. The Balaban J connectivity index is 2.37. The number of aromatic nitrogens is 1. The topological polar surface area (TPSA) is 59.1 Å². The van der Waals surface area contributed by atoms with Crippen molar-refractivity contribution in [3.63, 3.8) is 0 Å². The molecule has 4 nitrogen and oxygen atoms in total. The van der Waals surface area contributed by atoms with Crippen LogP contribution < -0.4 is 4.72 Å². The number of hydrogen-bond acceptors (Lipinski definition) is 3. The molecule has 2 aromatic rings. The van der Waals surface area contributed by atoms with Gasteiger partial charge in [0.05, 0.1) is 5.69 Å². The van der Waals surface area contributed by atoms with Crippen molar-refractivity contribution in [3.8, 4) is 0 Å². The Kier molecular flexibility index (Phi) is 4.27. The number of halogens is 2. The lowest BCUT2D eigenvalue weighted by Gasteiger charge is -2.09. The van der Waals surface area contributed by atoms with Crippen LogP contribution in [0.25, 0.3) is 0 Å². The molecule has 0 aliphatic rings. The normalized spacial score (nSPS) is 11.3. The summed E-state index contributed by atoms with van der Waals surface area (Å²) in [5.74, 6) is 0.288. The monoisotopic (exact) mass is 404 g/mol. The van der Waals surface area contributed by atoms with Gasteiger partial charge in [0.25, 0.3) is 10.0 Å². The molecule has 0 radical (unpaired) electrons. The quantitative estimate of drug-likeness (QED) is 0.846. The standard InChI is InChI=1S/C12H10Br2N2O2S/c1-8-9(13)6-7-12(15-8)16-19(17,18)11-5-3-2-4-10(11)14/h2-7H,1H3,(H,15,16). The van der Waals surface area contributed by atoms with Crippen LogP contribution in [0.15, 0.2) is 50.2 Å². The highest BCUT2D eigenvalue weighted by Crippen LogP contribution is 2.24. The lowest BCUT2D eigenvalue weighted by Crippen LogP contribution is -2.14. The van der Waals surface area contributed by atoms with E-state index >= 15 is 0 Å². The Morgan fingerprint density at radius 1 is 1.05 bits per heavy atom. The first kappa shape index (κ1) is 14.5. The van der Waals surface area contributed by atoms with Crippen LogP contribution in [0.5, 0.6) is 0 Å². The van der Waals surface area contributed by atoms with E-state index in [4.69, 9.17) is 0 Å². The van der Waals surface area contributed by atoms with Gasteiger partial charge in [0.1, 0.15) is 10.7 Å². The number of nitrogens with one attached hydrogen (secondary N) is 1. The molecule has 19 heavy (non-hydrogen) atoms. The molecular formula is C12H10Br2N2O2S. The molecule has 2 rings (SSSR count). The Morgan fingerprint density at radius 3 is 2.37 bits per heavy atom. The van der Waals surface area contributed by atoms with Gasteiger partial charge in [0, 0.05) is 8.95 Å². The number of aryl methyl sites for hydroxylation is 1.